The highest BCUT2D eigenvalue weighted by molar-refractivity contribution is 6.45. The number of allylic oxidation sites excluding steroid dienone is 2. The zero-order valence-electron chi connectivity index (χ0n) is 12.1. The number of ketones is 2. The molecule has 0 atom stereocenters. The molecule has 2 N–H and O–H groups in total. The van der Waals surface area contributed by atoms with Crippen LogP contribution in [0, 0.1) is 0 Å². The summed E-state index contributed by atoms with van der Waals surface area (Å²) in [5.41, 5.74) is -0.243. The third kappa shape index (κ3) is 9.63. The summed E-state index contributed by atoms with van der Waals surface area (Å²) in [6.07, 6.45) is 5.50. The van der Waals surface area contributed by atoms with Gasteiger partial charge in [0.05, 0.1) is 0 Å². The molecule has 0 spiro atoms. The number of carbonyl (C=O) groups excluding carboxylic acids is 2. The highest BCUT2D eigenvalue weighted by Gasteiger charge is 2.09. The van der Waals surface area contributed by atoms with Crippen LogP contribution in [0.25, 0.3) is 0 Å². The summed E-state index contributed by atoms with van der Waals surface area (Å²) >= 11 is 0. The highest BCUT2D eigenvalue weighted by atomic mass is 16.2. The summed E-state index contributed by atoms with van der Waals surface area (Å²) in [5, 5.41) is 5.99. The van der Waals surface area contributed by atoms with Gasteiger partial charge in [0.2, 0.25) is 11.6 Å². The summed E-state index contributed by atoms with van der Waals surface area (Å²) in [5.74, 6) is -1.09. The Balaban J connectivity index is 4.24. The largest absolute Gasteiger partial charge is 0.386 e. The van der Waals surface area contributed by atoms with E-state index in [-0.39, 0.29) is 11.1 Å². The molecule has 0 fully saturated rings. The van der Waals surface area contributed by atoms with E-state index < -0.39 is 11.6 Å². The minimum Gasteiger partial charge on any atom is -0.386 e. The molecule has 0 aromatic rings. The van der Waals surface area contributed by atoms with Gasteiger partial charge in [0.15, 0.2) is 0 Å². The van der Waals surface area contributed by atoms with Crippen molar-refractivity contribution in [3.63, 3.8) is 0 Å². The maximum absolute atomic E-state index is 11.4. The first kappa shape index (κ1) is 16.4. The first-order valence-corrected chi connectivity index (χ1v) is 5.98. The van der Waals surface area contributed by atoms with Gasteiger partial charge in [0, 0.05) is 35.6 Å². The first-order chi connectivity index (χ1) is 8.01. The van der Waals surface area contributed by atoms with Crippen molar-refractivity contribution in [1.82, 2.24) is 10.6 Å². The Bertz CT molecular complexity index is 319. The van der Waals surface area contributed by atoms with Crippen LogP contribution in [0.1, 0.15) is 41.5 Å². The molecule has 0 bridgehead atoms. The van der Waals surface area contributed by atoms with Crippen LogP contribution < -0.4 is 10.6 Å². The van der Waals surface area contributed by atoms with Crippen molar-refractivity contribution in [1.29, 1.82) is 0 Å². The summed E-state index contributed by atoms with van der Waals surface area (Å²) in [6, 6.07) is 0. The lowest BCUT2D eigenvalue weighted by Crippen LogP contribution is -2.31. The lowest BCUT2D eigenvalue weighted by molar-refractivity contribution is -0.130. The van der Waals surface area contributed by atoms with E-state index in [1.54, 1.807) is 0 Å². The number of hydrogen-bond donors (Lipinski definition) is 2. The Kier molecular flexibility index (Phi) is 5.82. The number of nitrogens with one attached hydrogen (secondary N) is 2. The van der Waals surface area contributed by atoms with Gasteiger partial charge < -0.3 is 10.6 Å². The second-order valence-electron chi connectivity index (χ2n) is 6.18. The number of carbonyl (C=O) groups is 2. The second-order valence-corrected chi connectivity index (χ2v) is 6.18. The van der Waals surface area contributed by atoms with Crippen LogP contribution in [-0.2, 0) is 9.59 Å². The zero-order chi connectivity index (χ0) is 14.4. The summed E-state index contributed by atoms with van der Waals surface area (Å²) in [6.45, 7) is 11.8. The van der Waals surface area contributed by atoms with Gasteiger partial charge >= 0.3 is 0 Å². The van der Waals surface area contributed by atoms with E-state index in [0.717, 1.165) is 0 Å². The molecular formula is C14H24N2O2. The molecule has 0 aromatic heterocycles. The normalized spacial score (nSPS) is 13.0. The fourth-order valence-corrected chi connectivity index (χ4v) is 0.899. The van der Waals surface area contributed by atoms with E-state index in [0.29, 0.717) is 0 Å². The zero-order valence-corrected chi connectivity index (χ0v) is 12.1. The Morgan fingerprint density at radius 3 is 1.22 bits per heavy atom. The van der Waals surface area contributed by atoms with Crippen molar-refractivity contribution in [3.8, 4) is 0 Å². The number of hydrogen-bond acceptors (Lipinski definition) is 4. The standard InChI is InChI=1S/C14H24N2O2/c1-13(2,3)15-9-7-11(17)12(18)8-10-16-14(4,5)6/h7-10,15-16H,1-6H3/b9-7-,10-8-. The molecule has 0 saturated heterocycles. The van der Waals surface area contributed by atoms with Crippen molar-refractivity contribution >= 4 is 11.6 Å². The van der Waals surface area contributed by atoms with Crippen LogP contribution in [0.3, 0.4) is 0 Å². The summed E-state index contributed by atoms with van der Waals surface area (Å²) in [7, 11) is 0. The molecule has 0 aliphatic heterocycles. The van der Waals surface area contributed by atoms with Crippen LogP contribution >= 0.6 is 0 Å². The fraction of sp³-hybridized carbons (Fsp3) is 0.571. The molecule has 0 saturated carbocycles. The third-order valence-electron chi connectivity index (χ3n) is 1.74. The predicted octanol–water partition coefficient (Wildman–Crippen LogP) is 1.93. The summed E-state index contributed by atoms with van der Waals surface area (Å²) < 4.78 is 0. The SMILES string of the molecule is CC(C)(C)N/C=C\C(=O)C(=O)/C=C\NC(C)(C)C. The maximum Gasteiger partial charge on any atom is 0.227 e. The van der Waals surface area contributed by atoms with Gasteiger partial charge in [-0.3, -0.25) is 9.59 Å². The van der Waals surface area contributed by atoms with Crippen molar-refractivity contribution < 1.29 is 9.59 Å². The molecular weight excluding hydrogens is 228 g/mol. The summed E-state index contributed by atoms with van der Waals surface area (Å²) in [4.78, 5) is 22.9. The van der Waals surface area contributed by atoms with Crippen molar-refractivity contribution in [2.75, 3.05) is 0 Å². The average Bonchev–Trinajstić information content (AvgIpc) is 2.13. The average molecular weight is 252 g/mol. The minimum atomic E-state index is -0.543. The highest BCUT2D eigenvalue weighted by Crippen LogP contribution is 1.98. The van der Waals surface area contributed by atoms with Gasteiger partial charge in [-0.05, 0) is 41.5 Å². The quantitative estimate of drug-likeness (QED) is 0.580. The van der Waals surface area contributed by atoms with E-state index in [4.69, 9.17) is 0 Å². The van der Waals surface area contributed by atoms with Gasteiger partial charge in [0.1, 0.15) is 0 Å². The topological polar surface area (TPSA) is 58.2 Å². The lowest BCUT2D eigenvalue weighted by atomic mass is 10.1. The van der Waals surface area contributed by atoms with Crippen molar-refractivity contribution in [2.45, 2.75) is 52.6 Å². The molecule has 4 heteroatoms. The van der Waals surface area contributed by atoms with Gasteiger partial charge in [-0.15, -0.1) is 0 Å². The smallest absolute Gasteiger partial charge is 0.227 e. The van der Waals surface area contributed by atoms with Crippen LogP contribution in [0.4, 0.5) is 0 Å². The van der Waals surface area contributed by atoms with E-state index in [1.165, 1.54) is 24.6 Å². The third-order valence-corrected chi connectivity index (χ3v) is 1.74. The van der Waals surface area contributed by atoms with Crippen LogP contribution in [-0.4, -0.2) is 22.6 Å². The van der Waals surface area contributed by atoms with E-state index >= 15 is 0 Å². The maximum atomic E-state index is 11.4. The van der Waals surface area contributed by atoms with Crippen LogP contribution in [0.15, 0.2) is 24.6 Å². The van der Waals surface area contributed by atoms with Gasteiger partial charge in [-0.25, -0.2) is 0 Å². The first-order valence-electron chi connectivity index (χ1n) is 5.98. The molecule has 0 amide bonds. The second kappa shape index (κ2) is 6.38. The van der Waals surface area contributed by atoms with Gasteiger partial charge in [-0.2, -0.15) is 0 Å². The molecule has 0 aromatic carbocycles. The van der Waals surface area contributed by atoms with E-state index in [1.807, 2.05) is 41.5 Å². The Labute approximate surface area is 110 Å². The predicted molar refractivity (Wildman–Crippen MR) is 74.1 cm³/mol. The van der Waals surface area contributed by atoms with Crippen molar-refractivity contribution in [3.05, 3.63) is 24.6 Å². The molecule has 0 aliphatic rings. The molecule has 0 rings (SSSR count). The molecule has 102 valence electrons. The van der Waals surface area contributed by atoms with Crippen LogP contribution in [0.2, 0.25) is 0 Å². The Morgan fingerprint density at radius 1 is 0.722 bits per heavy atom. The molecule has 0 aliphatic carbocycles. The molecule has 0 unspecified atom stereocenters. The molecule has 0 radical (unpaired) electrons. The van der Waals surface area contributed by atoms with Gasteiger partial charge in [-0.1, -0.05) is 0 Å². The van der Waals surface area contributed by atoms with E-state index in [9.17, 15) is 9.59 Å². The number of rotatable bonds is 5. The Hall–Kier alpha value is -1.58. The fourth-order valence-electron chi connectivity index (χ4n) is 0.899. The van der Waals surface area contributed by atoms with Crippen LogP contribution in [0.5, 0.6) is 0 Å². The monoisotopic (exact) mass is 252 g/mol. The molecule has 4 nitrogen and oxygen atoms in total. The molecule has 0 heterocycles. The molecule has 18 heavy (non-hydrogen) atoms. The van der Waals surface area contributed by atoms with E-state index in [2.05, 4.69) is 10.6 Å². The van der Waals surface area contributed by atoms with Crippen molar-refractivity contribution in [2.24, 2.45) is 0 Å². The van der Waals surface area contributed by atoms with Gasteiger partial charge in [0.25, 0.3) is 0 Å². The minimum absolute atomic E-state index is 0.122. The Morgan fingerprint density at radius 2 is 1.00 bits per heavy atom. The lowest BCUT2D eigenvalue weighted by Gasteiger charge is -2.18.